The number of hydrogen-bond acceptors (Lipinski definition) is 1. The van der Waals surface area contributed by atoms with Gasteiger partial charge in [0, 0.05) is 0 Å². The van der Waals surface area contributed by atoms with Gasteiger partial charge in [0.2, 0.25) is 0 Å². The van der Waals surface area contributed by atoms with Gasteiger partial charge in [-0.1, -0.05) is 18.6 Å². The van der Waals surface area contributed by atoms with Crippen LogP contribution in [0.4, 0.5) is 4.39 Å². The van der Waals surface area contributed by atoms with Crippen molar-refractivity contribution < 1.29 is 9.13 Å². The predicted octanol–water partition coefficient (Wildman–Crippen LogP) is 4.40. The van der Waals surface area contributed by atoms with Crippen molar-refractivity contribution in [2.75, 3.05) is 7.11 Å². The molecule has 0 aromatic heterocycles. The lowest BCUT2D eigenvalue weighted by Crippen LogP contribution is -1.93. The Morgan fingerprint density at radius 3 is 2.88 bits per heavy atom. The minimum atomic E-state index is -0.318. The summed E-state index contributed by atoms with van der Waals surface area (Å²) in [6.07, 6.45) is 6.27. The molecule has 0 aliphatic heterocycles. The minimum absolute atomic E-state index is 0.0673. The standard InChI is InChI=1S/C14H16ClFO/c1-17-14-7-6-11(9-13(14)16)10-4-2-3-5-12(15)8-10/h6-9,12H,2-5H2,1H3. The van der Waals surface area contributed by atoms with Crippen LogP contribution >= 0.6 is 11.6 Å². The molecule has 0 fully saturated rings. The average Bonchev–Trinajstić information content (AvgIpc) is 2.54. The molecule has 0 N–H and O–H groups in total. The van der Waals surface area contributed by atoms with Crippen LogP contribution in [0.2, 0.25) is 0 Å². The molecular weight excluding hydrogens is 239 g/mol. The molecule has 0 bridgehead atoms. The zero-order valence-corrected chi connectivity index (χ0v) is 10.6. The second kappa shape index (κ2) is 5.54. The van der Waals surface area contributed by atoms with E-state index in [1.54, 1.807) is 6.07 Å². The number of benzene rings is 1. The van der Waals surface area contributed by atoms with E-state index in [2.05, 4.69) is 6.08 Å². The Balaban J connectivity index is 2.29. The molecule has 1 nitrogen and oxygen atoms in total. The second-order valence-electron chi connectivity index (χ2n) is 4.30. The first kappa shape index (κ1) is 12.4. The van der Waals surface area contributed by atoms with Gasteiger partial charge in [-0.2, -0.15) is 0 Å². The van der Waals surface area contributed by atoms with Gasteiger partial charge in [0.15, 0.2) is 11.6 Å². The van der Waals surface area contributed by atoms with E-state index in [4.69, 9.17) is 16.3 Å². The number of alkyl halides is 1. The Bertz CT molecular complexity index is 428. The monoisotopic (exact) mass is 254 g/mol. The highest BCUT2D eigenvalue weighted by atomic mass is 35.5. The van der Waals surface area contributed by atoms with Crippen LogP contribution in [-0.2, 0) is 0 Å². The van der Waals surface area contributed by atoms with E-state index < -0.39 is 0 Å². The van der Waals surface area contributed by atoms with Gasteiger partial charge >= 0.3 is 0 Å². The molecule has 1 unspecified atom stereocenters. The molecule has 1 aromatic rings. The largest absolute Gasteiger partial charge is 0.494 e. The molecule has 0 spiro atoms. The molecule has 0 radical (unpaired) electrons. The Morgan fingerprint density at radius 2 is 2.18 bits per heavy atom. The summed E-state index contributed by atoms with van der Waals surface area (Å²) in [5.74, 6) is -0.0355. The molecule has 0 saturated heterocycles. The van der Waals surface area contributed by atoms with Crippen LogP contribution in [0.15, 0.2) is 24.3 Å². The van der Waals surface area contributed by atoms with Gasteiger partial charge in [0.25, 0.3) is 0 Å². The molecule has 3 heteroatoms. The number of halogens is 2. The van der Waals surface area contributed by atoms with Crippen molar-refractivity contribution >= 4 is 17.2 Å². The highest BCUT2D eigenvalue weighted by molar-refractivity contribution is 6.22. The summed E-state index contributed by atoms with van der Waals surface area (Å²) in [6.45, 7) is 0. The quantitative estimate of drug-likeness (QED) is 0.711. The van der Waals surface area contributed by atoms with E-state index in [1.165, 1.54) is 13.2 Å². The lowest BCUT2D eigenvalue weighted by molar-refractivity contribution is 0.386. The van der Waals surface area contributed by atoms with Gasteiger partial charge in [0.1, 0.15) is 0 Å². The van der Waals surface area contributed by atoms with Crippen molar-refractivity contribution in [3.05, 3.63) is 35.7 Å². The zero-order valence-electron chi connectivity index (χ0n) is 9.88. The van der Waals surface area contributed by atoms with Crippen molar-refractivity contribution in [2.45, 2.75) is 31.1 Å². The number of ether oxygens (including phenoxy) is 1. The summed E-state index contributed by atoms with van der Waals surface area (Å²) in [4.78, 5) is 0. The van der Waals surface area contributed by atoms with E-state index in [1.807, 2.05) is 6.07 Å². The molecule has 0 heterocycles. The Kier molecular flexibility index (Phi) is 4.06. The highest BCUT2D eigenvalue weighted by Crippen LogP contribution is 2.30. The molecule has 1 aliphatic carbocycles. The third kappa shape index (κ3) is 3.01. The smallest absolute Gasteiger partial charge is 0.165 e. The maximum Gasteiger partial charge on any atom is 0.165 e. The topological polar surface area (TPSA) is 9.23 Å². The van der Waals surface area contributed by atoms with Crippen LogP contribution in [-0.4, -0.2) is 12.5 Å². The molecule has 1 atom stereocenters. The fourth-order valence-electron chi connectivity index (χ4n) is 2.15. The number of rotatable bonds is 2. The van der Waals surface area contributed by atoms with Gasteiger partial charge in [0.05, 0.1) is 12.5 Å². The summed E-state index contributed by atoms with van der Waals surface area (Å²) in [5.41, 5.74) is 2.06. The average molecular weight is 255 g/mol. The third-order valence-corrected chi connectivity index (χ3v) is 3.42. The lowest BCUT2D eigenvalue weighted by Gasteiger charge is -2.08. The summed E-state index contributed by atoms with van der Waals surface area (Å²) < 4.78 is 18.5. The van der Waals surface area contributed by atoms with Crippen molar-refractivity contribution in [2.24, 2.45) is 0 Å². The van der Waals surface area contributed by atoms with E-state index in [0.717, 1.165) is 36.8 Å². The highest BCUT2D eigenvalue weighted by Gasteiger charge is 2.12. The van der Waals surface area contributed by atoms with E-state index in [-0.39, 0.29) is 16.9 Å². The molecule has 0 amide bonds. The van der Waals surface area contributed by atoms with Crippen molar-refractivity contribution in [1.82, 2.24) is 0 Å². The molecular formula is C14H16ClFO. The molecule has 2 rings (SSSR count). The van der Waals surface area contributed by atoms with Crippen LogP contribution in [0.5, 0.6) is 5.75 Å². The fraction of sp³-hybridized carbons (Fsp3) is 0.429. The van der Waals surface area contributed by atoms with Gasteiger partial charge in [-0.15, -0.1) is 11.6 Å². The number of allylic oxidation sites excluding steroid dienone is 2. The van der Waals surface area contributed by atoms with Crippen molar-refractivity contribution in [3.8, 4) is 5.75 Å². The normalized spacial score (nSPS) is 20.6. The first-order valence-electron chi connectivity index (χ1n) is 5.89. The van der Waals surface area contributed by atoms with Gasteiger partial charge in [-0.05, 0) is 42.5 Å². The first-order chi connectivity index (χ1) is 8.20. The van der Waals surface area contributed by atoms with E-state index in [9.17, 15) is 4.39 Å². The Morgan fingerprint density at radius 1 is 1.35 bits per heavy atom. The van der Waals surface area contributed by atoms with Gasteiger partial charge in [-0.3, -0.25) is 0 Å². The lowest BCUT2D eigenvalue weighted by atomic mass is 10.0. The summed E-state index contributed by atoms with van der Waals surface area (Å²) >= 11 is 6.17. The van der Waals surface area contributed by atoms with Crippen LogP contribution < -0.4 is 4.74 Å². The van der Waals surface area contributed by atoms with Crippen LogP contribution in [0.1, 0.15) is 31.2 Å². The Hall–Kier alpha value is -1.02. The third-order valence-electron chi connectivity index (χ3n) is 3.08. The van der Waals surface area contributed by atoms with Gasteiger partial charge < -0.3 is 4.74 Å². The first-order valence-corrected chi connectivity index (χ1v) is 6.33. The van der Waals surface area contributed by atoms with E-state index >= 15 is 0 Å². The molecule has 1 aliphatic rings. The SMILES string of the molecule is COc1ccc(C2=CC(Cl)CCCC2)cc1F. The minimum Gasteiger partial charge on any atom is -0.494 e. The summed E-state index contributed by atoms with van der Waals surface area (Å²) in [5, 5.41) is 0.0673. The molecule has 0 saturated carbocycles. The van der Waals surface area contributed by atoms with Crippen LogP contribution in [0.3, 0.4) is 0 Å². The van der Waals surface area contributed by atoms with Gasteiger partial charge in [-0.25, -0.2) is 4.39 Å². The van der Waals surface area contributed by atoms with Crippen molar-refractivity contribution in [3.63, 3.8) is 0 Å². The maximum atomic E-state index is 13.6. The maximum absolute atomic E-state index is 13.6. The predicted molar refractivity (Wildman–Crippen MR) is 69.0 cm³/mol. The summed E-state index contributed by atoms with van der Waals surface area (Å²) in [6, 6.07) is 5.09. The molecule has 1 aromatic carbocycles. The van der Waals surface area contributed by atoms with Crippen LogP contribution in [0, 0.1) is 5.82 Å². The van der Waals surface area contributed by atoms with Crippen molar-refractivity contribution in [1.29, 1.82) is 0 Å². The number of hydrogen-bond donors (Lipinski definition) is 0. The fourth-order valence-corrected chi connectivity index (χ4v) is 2.45. The summed E-state index contributed by atoms with van der Waals surface area (Å²) in [7, 11) is 1.47. The molecule has 17 heavy (non-hydrogen) atoms. The van der Waals surface area contributed by atoms with Crippen LogP contribution in [0.25, 0.3) is 5.57 Å². The number of methoxy groups -OCH3 is 1. The zero-order chi connectivity index (χ0) is 12.3. The van der Waals surface area contributed by atoms with E-state index in [0.29, 0.717) is 0 Å². The molecule has 92 valence electrons. The second-order valence-corrected chi connectivity index (χ2v) is 4.86. The Labute approximate surface area is 106 Å².